The van der Waals surface area contributed by atoms with Crippen molar-refractivity contribution in [1.82, 2.24) is 0 Å². The van der Waals surface area contributed by atoms with Crippen molar-refractivity contribution in [2.24, 2.45) is 11.1 Å². The Morgan fingerprint density at radius 2 is 1.88 bits per heavy atom. The lowest BCUT2D eigenvalue weighted by Gasteiger charge is -2.30. The van der Waals surface area contributed by atoms with Crippen LogP contribution in [0, 0.1) is 12.3 Å². The molecule has 0 aromatic heterocycles. The van der Waals surface area contributed by atoms with E-state index < -0.39 is 0 Å². The third-order valence-corrected chi connectivity index (χ3v) is 4.06. The summed E-state index contributed by atoms with van der Waals surface area (Å²) < 4.78 is 0. The molecule has 0 unspecified atom stereocenters. The van der Waals surface area contributed by atoms with Gasteiger partial charge in [-0.15, -0.1) is 0 Å². The first kappa shape index (κ1) is 13.5. The summed E-state index contributed by atoms with van der Waals surface area (Å²) in [6.45, 7) is 7.20. The van der Waals surface area contributed by atoms with Crippen molar-refractivity contribution >= 4 is 11.6 Å². The number of benzene rings is 1. The molecule has 16 heavy (non-hydrogen) atoms. The zero-order valence-corrected chi connectivity index (χ0v) is 11.3. The zero-order valence-electron chi connectivity index (χ0n) is 10.5. The quantitative estimate of drug-likeness (QED) is 0.827. The van der Waals surface area contributed by atoms with E-state index in [1.165, 1.54) is 11.1 Å². The van der Waals surface area contributed by atoms with Crippen molar-refractivity contribution in [3.63, 3.8) is 0 Å². The summed E-state index contributed by atoms with van der Waals surface area (Å²) in [6.07, 6.45) is 3.18. The number of hydrogen-bond acceptors (Lipinski definition) is 1. The van der Waals surface area contributed by atoms with Crippen LogP contribution in [0.3, 0.4) is 0 Å². The Hall–Kier alpha value is -0.530. The average Bonchev–Trinajstić information content (AvgIpc) is 2.29. The van der Waals surface area contributed by atoms with Gasteiger partial charge in [0.2, 0.25) is 0 Å². The molecule has 0 radical (unpaired) electrons. The lowest BCUT2D eigenvalue weighted by molar-refractivity contribution is 0.271. The van der Waals surface area contributed by atoms with Crippen LogP contribution in [0.25, 0.3) is 0 Å². The van der Waals surface area contributed by atoms with Crippen LogP contribution in [0.4, 0.5) is 0 Å². The Morgan fingerprint density at radius 1 is 1.25 bits per heavy atom. The largest absolute Gasteiger partial charge is 0.330 e. The van der Waals surface area contributed by atoms with Crippen LogP contribution in [0.2, 0.25) is 5.02 Å². The summed E-state index contributed by atoms with van der Waals surface area (Å²) in [5.74, 6) is 0. The van der Waals surface area contributed by atoms with Gasteiger partial charge in [-0.05, 0) is 55.3 Å². The molecule has 0 fully saturated rings. The topological polar surface area (TPSA) is 26.0 Å². The molecule has 2 N–H and O–H groups in total. The van der Waals surface area contributed by atoms with Crippen molar-refractivity contribution in [3.8, 4) is 0 Å². The number of hydrogen-bond donors (Lipinski definition) is 1. The fraction of sp³-hybridized carbons (Fsp3) is 0.571. The Bertz CT molecular complexity index is 334. The number of rotatable bonds is 5. The minimum absolute atomic E-state index is 0.207. The maximum Gasteiger partial charge on any atom is 0.0440 e. The Kier molecular flexibility index (Phi) is 4.82. The summed E-state index contributed by atoms with van der Waals surface area (Å²) in [6, 6.07) is 6.28. The maximum absolute atomic E-state index is 6.27. The summed E-state index contributed by atoms with van der Waals surface area (Å²) in [7, 11) is 0. The van der Waals surface area contributed by atoms with E-state index in [4.69, 9.17) is 17.3 Å². The van der Waals surface area contributed by atoms with Gasteiger partial charge in [-0.3, -0.25) is 0 Å². The van der Waals surface area contributed by atoms with E-state index in [0.717, 1.165) is 30.8 Å². The molecule has 0 bridgehead atoms. The molecule has 0 aliphatic heterocycles. The van der Waals surface area contributed by atoms with Crippen LogP contribution >= 0.6 is 11.6 Å². The smallest absolute Gasteiger partial charge is 0.0440 e. The summed E-state index contributed by atoms with van der Waals surface area (Å²) in [5, 5.41) is 0.875. The fourth-order valence-electron chi connectivity index (χ4n) is 2.06. The fourth-order valence-corrected chi connectivity index (χ4v) is 2.36. The van der Waals surface area contributed by atoms with Crippen molar-refractivity contribution in [2.75, 3.05) is 6.54 Å². The van der Waals surface area contributed by atoms with E-state index in [2.05, 4.69) is 32.9 Å². The molecule has 0 saturated heterocycles. The van der Waals surface area contributed by atoms with Gasteiger partial charge in [0.15, 0.2) is 0 Å². The highest BCUT2D eigenvalue weighted by atomic mass is 35.5. The van der Waals surface area contributed by atoms with Crippen LogP contribution in [0.5, 0.6) is 0 Å². The SMILES string of the molecule is CCC(CC)(CN)Cc1ccc(C)cc1Cl. The van der Waals surface area contributed by atoms with Crippen LogP contribution in [-0.2, 0) is 6.42 Å². The molecule has 1 aromatic rings. The van der Waals surface area contributed by atoms with Crippen LogP contribution in [0.1, 0.15) is 37.8 Å². The minimum Gasteiger partial charge on any atom is -0.330 e. The van der Waals surface area contributed by atoms with Crippen LogP contribution in [-0.4, -0.2) is 6.54 Å². The zero-order chi connectivity index (χ0) is 12.2. The molecular weight excluding hydrogens is 218 g/mol. The van der Waals surface area contributed by atoms with E-state index in [1.807, 2.05) is 6.07 Å². The first-order valence-electron chi connectivity index (χ1n) is 6.02. The van der Waals surface area contributed by atoms with Crippen molar-refractivity contribution < 1.29 is 0 Å². The summed E-state index contributed by atoms with van der Waals surface area (Å²) >= 11 is 6.27. The molecule has 0 atom stereocenters. The lowest BCUT2D eigenvalue weighted by Crippen LogP contribution is -2.31. The molecule has 0 aliphatic carbocycles. The van der Waals surface area contributed by atoms with Gasteiger partial charge in [0.05, 0.1) is 0 Å². The lowest BCUT2D eigenvalue weighted by atomic mass is 9.77. The van der Waals surface area contributed by atoms with Gasteiger partial charge in [0, 0.05) is 5.02 Å². The van der Waals surface area contributed by atoms with Gasteiger partial charge in [-0.2, -0.15) is 0 Å². The predicted octanol–water partition coefficient (Wildman–Crippen LogP) is 3.96. The molecule has 90 valence electrons. The van der Waals surface area contributed by atoms with Gasteiger partial charge in [0.1, 0.15) is 0 Å². The van der Waals surface area contributed by atoms with Crippen LogP contribution in [0.15, 0.2) is 18.2 Å². The third kappa shape index (κ3) is 2.99. The Morgan fingerprint density at radius 3 is 2.31 bits per heavy atom. The second-order valence-corrected chi connectivity index (χ2v) is 5.09. The highest BCUT2D eigenvalue weighted by Gasteiger charge is 2.25. The number of nitrogens with two attached hydrogens (primary N) is 1. The van der Waals surface area contributed by atoms with E-state index in [9.17, 15) is 0 Å². The van der Waals surface area contributed by atoms with Gasteiger partial charge in [0.25, 0.3) is 0 Å². The average molecular weight is 240 g/mol. The molecule has 1 rings (SSSR count). The molecule has 0 amide bonds. The molecule has 0 spiro atoms. The Balaban J connectivity index is 2.93. The molecular formula is C14H22ClN. The number of aryl methyl sites for hydroxylation is 1. The molecule has 0 saturated carbocycles. The second kappa shape index (κ2) is 5.70. The highest BCUT2D eigenvalue weighted by Crippen LogP contribution is 2.32. The van der Waals surface area contributed by atoms with E-state index in [1.54, 1.807) is 0 Å². The normalized spacial score (nSPS) is 11.8. The maximum atomic E-state index is 6.27. The molecule has 0 heterocycles. The standard InChI is InChI=1S/C14H22ClN/c1-4-14(5-2,10-16)9-12-7-6-11(3)8-13(12)15/h6-8H,4-5,9-10,16H2,1-3H3. The molecule has 2 heteroatoms. The van der Waals surface area contributed by atoms with Gasteiger partial charge in [-0.1, -0.05) is 37.6 Å². The highest BCUT2D eigenvalue weighted by molar-refractivity contribution is 6.31. The second-order valence-electron chi connectivity index (χ2n) is 4.68. The Labute approximate surface area is 104 Å². The monoisotopic (exact) mass is 239 g/mol. The van der Waals surface area contributed by atoms with E-state index >= 15 is 0 Å². The van der Waals surface area contributed by atoms with Gasteiger partial charge >= 0.3 is 0 Å². The summed E-state index contributed by atoms with van der Waals surface area (Å²) in [5.41, 5.74) is 8.55. The third-order valence-electron chi connectivity index (χ3n) is 3.71. The first-order valence-corrected chi connectivity index (χ1v) is 6.40. The van der Waals surface area contributed by atoms with E-state index in [0.29, 0.717) is 0 Å². The minimum atomic E-state index is 0.207. The van der Waals surface area contributed by atoms with Crippen LogP contribution < -0.4 is 5.73 Å². The first-order chi connectivity index (χ1) is 7.56. The molecule has 0 aliphatic rings. The van der Waals surface area contributed by atoms with E-state index in [-0.39, 0.29) is 5.41 Å². The molecule has 1 aromatic carbocycles. The van der Waals surface area contributed by atoms with Crippen molar-refractivity contribution in [3.05, 3.63) is 34.3 Å². The van der Waals surface area contributed by atoms with Crippen molar-refractivity contribution in [1.29, 1.82) is 0 Å². The number of halogens is 1. The predicted molar refractivity (Wildman–Crippen MR) is 72.0 cm³/mol. The van der Waals surface area contributed by atoms with Gasteiger partial charge in [-0.25, -0.2) is 0 Å². The summed E-state index contributed by atoms with van der Waals surface area (Å²) in [4.78, 5) is 0. The van der Waals surface area contributed by atoms with Gasteiger partial charge < -0.3 is 5.73 Å². The molecule has 1 nitrogen and oxygen atoms in total. The van der Waals surface area contributed by atoms with Crippen molar-refractivity contribution in [2.45, 2.75) is 40.0 Å².